The highest BCUT2D eigenvalue weighted by atomic mass is 32.1. The number of hydrogen-bond acceptors (Lipinski definition) is 7. The van der Waals surface area contributed by atoms with Gasteiger partial charge in [0, 0.05) is 17.5 Å². The molecule has 4 amide bonds. The minimum absolute atomic E-state index is 0.0184. The van der Waals surface area contributed by atoms with E-state index in [0.717, 1.165) is 16.9 Å². The summed E-state index contributed by atoms with van der Waals surface area (Å²) < 4.78 is 5.55. The predicted molar refractivity (Wildman–Crippen MR) is 131 cm³/mol. The Morgan fingerprint density at radius 1 is 1.14 bits per heavy atom. The number of hydrogen-bond donors (Lipinski definition) is 1. The number of nitrogens with zero attached hydrogens (tertiary/aromatic N) is 3. The van der Waals surface area contributed by atoms with Gasteiger partial charge in [-0.25, -0.2) is 4.98 Å². The predicted octanol–water partition coefficient (Wildman–Crippen LogP) is 3.57. The Hall–Kier alpha value is -4.05. The summed E-state index contributed by atoms with van der Waals surface area (Å²) in [5, 5.41) is 4.84. The first kappa shape index (κ1) is 22.7. The van der Waals surface area contributed by atoms with Gasteiger partial charge in [0.05, 0.1) is 22.5 Å². The number of benzene rings is 2. The maximum Gasteiger partial charge on any atom is 0.265 e. The van der Waals surface area contributed by atoms with Gasteiger partial charge in [-0.2, -0.15) is 0 Å². The van der Waals surface area contributed by atoms with E-state index in [4.69, 9.17) is 4.74 Å². The van der Waals surface area contributed by atoms with Crippen molar-refractivity contribution >= 4 is 45.8 Å². The molecule has 0 saturated heterocycles. The number of carbonyl (C=O) groups is 4. The average molecular weight is 491 g/mol. The molecule has 9 nitrogen and oxygen atoms in total. The van der Waals surface area contributed by atoms with E-state index in [9.17, 15) is 19.2 Å². The lowest BCUT2D eigenvalue weighted by atomic mass is 10.1. The van der Waals surface area contributed by atoms with Gasteiger partial charge in [0.25, 0.3) is 17.7 Å². The second-order valence-electron chi connectivity index (χ2n) is 8.25. The van der Waals surface area contributed by atoms with Gasteiger partial charge in [-0.1, -0.05) is 19.1 Å². The molecular weight excluding hydrogens is 468 g/mol. The minimum atomic E-state index is -1.01. The van der Waals surface area contributed by atoms with Crippen molar-refractivity contribution in [2.75, 3.05) is 23.4 Å². The molecule has 0 bridgehead atoms. The maximum absolute atomic E-state index is 12.9. The number of aromatic nitrogens is 1. The Labute approximate surface area is 205 Å². The highest BCUT2D eigenvalue weighted by Crippen LogP contribution is 2.37. The molecule has 1 unspecified atom stereocenters. The van der Waals surface area contributed by atoms with Gasteiger partial charge in [0.1, 0.15) is 11.8 Å². The number of amides is 4. The quantitative estimate of drug-likeness (QED) is 0.529. The smallest absolute Gasteiger partial charge is 0.265 e. The lowest BCUT2D eigenvalue weighted by Crippen LogP contribution is -2.45. The monoisotopic (exact) mass is 490 g/mol. The molecule has 1 atom stereocenters. The van der Waals surface area contributed by atoms with Crippen LogP contribution in [0.4, 0.5) is 10.8 Å². The van der Waals surface area contributed by atoms with Crippen LogP contribution in [-0.2, 0) is 9.59 Å². The number of nitrogens with one attached hydrogen (secondary N) is 1. The Balaban J connectivity index is 1.33. The third-order valence-electron chi connectivity index (χ3n) is 5.97. The summed E-state index contributed by atoms with van der Waals surface area (Å²) in [5.74, 6) is -0.949. The second kappa shape index (κ2) is 8.95. The first-order valence-electron chi connectivity index (χ1n) is 11.2. The molecule has 10 heteroatoms. The largest absolute Gasteiger partial charge is 0.482 e. The number of thiazole rings is 1. The van der Waals surface area contributed by atoms with Gasteiger partial charge < -0.3 is 15.0 Å². The molecule has 0 aliphatic carbocycles. The molecule has 178 valence electrons. The van der Waals surface area contributed by atoms with Crippen LogP contribution in [-0.4, -0.2) is 52.7 Å². The summed E-state index contributed by atoms with van der Waals surface area (Å²) in [4.78, 5) is 57.7. The van der Waals surface area contributed by atoms with Gasteiger partial charge in [-0.15, -0.1) is 11.3 Å². The fourth-order valence-corrected chi connectivity index (χ4v) is 4.90. The summed E-state index contributed by atoms with van der Waals surface area (Å²) in [7, 11) is 0. The van der Waals surface area contributed by atoms with Gasteiger partial charge in [-0.3, -0.25) is 24.1 Å². The molecule has 5 rings (SSSR count). The Bertz CT molecular complexity index is 1330. The Morgan fingerprint density at radius 2 is 1.86 bits per heavy atom. The number of carbonyl (C=O) groups excluding carboxylic acids is 4. The lowest BCUT2D eigenvalue weighted by Gasteiger charge is -2.29. The summed E-state index contributed by atoms with van der Waals surface area (Å²) in [6, 6.07) is 11.0. The Morgan fingerprint density at radius 3 is 2.54 bits per heavy atom. The summed E-state index contributed by atoms with van der Waals surface area (Å²) in [5.41, 5.74) is 2.67. The molecule has 2 aliphatic heterocycles. The van der Waals surface area contributed by atoms with Crippen molar-refractivity contribution in [2.24, 2.45) is 0 Å². The molecule has 2 aromatic carbocycles. The van der Waals surface area contributed by atoms with Crippen LogP contribution >= 0.6 is 11.3 Å². The zero-order chi connectivity index (χ0) is 24.7. The molecular formula is C25H22N4O5S. The first-order valence-corrected chi connectivity index (χ1v) is 12.1. The third-order valence-corrected chi connectivity index (χ3v) is 6.73. The topological polar surface area (TPSA) is 109 Å². The number of rotatable bonds is 6. The van der Waals surface area contributed by atoms with E-state index in [1.165, 1.54) is 18.3 Å². The zero-order valence-corrected chi connectivity index (χ0v) is 19.9. The van der Waals surface area contributed by atoms with Crippen LogP contribution in [0.3, 0.4) is 0 Å². The van der Waals surface area contributed by atoms with Crippen LogP contribution in [0.5, 0.6) is 5.75 Å². The summed E-state index contributed by atoms with van der Waals surface area (Å²) in [6.45, 7) is 4.12. The molecule has 3 aromatic rings. The molecule has 3 heterocycles. The maximum atomic E-state index is 12.9. The van der Waals surface area contributed by atoms with Crippen LogP contribution < -0.4 is 15.0 Å². The normalized spacial score (nSPS) is 15.5. The van der Waals surface area contributed by atoms with Crippen LogP contribution in [0.2, 0.25) is 0 Å². The molecule has 2 aliphatic rings. The van der Waals surface area contributed by atoms with Crippen LogP contribution in [0.25, 0.3) is 11.3 Å². The van der Waals surface area contributed by atoms with Crippen LogP contribution in [0.1, 0.15) is 41.0 Å². The van der Waals surface area contributed by atoms with Crippen molar-refractivity contribution in [1.29, 1.82) is 0 Å². The van der Waals surface area contributed by atoms with Crippen LogP contribution in [0.15, 0.2) is 47.8 Å². The van der Waals surface area contributed by atoms with Crippen LogP contribution in [0, 0.1) is 0 Å². The van der Waals surface area contributed by atoms with Crippen molar-refractivity contribution in [1.82, 2.24) is 9.88 Å². The molecule has 35 heavy (non-hydrogen) atoms. The van der Waals surface area contributed by atoms with E-state index in [2.05, 4.69) is 10.3 Å². The van der Waals surface area contributed by atoms with Crippen molar-refractivity contribution < 1.29 is 23.9 Å². The van der Waals surface area contributed by atoms with Gasteiger partial charge in [0.2, 0.25) is 5.91 Å². The standard InChI is InChI=1S/C25H22N4O5S/c1-3-10-28-19-11-15(8-9-20(19)34-12-21(28)30)18-13-35-25(26-18)27-22(31)14(2)29-23(32)16-6-4-5-7-17(16)24(29)33/h4-9,11,13-14H,3,10,12H2,1-2H3,(H,26,27,31). The number of fused-ring (bicyclic) bond motifs is 2. The number of anilines is 2. The fourth-order valence-electron chi connectivity index (χ4n) is 4.18. The van der Waals surface area contributed by atoms with Crippen molar-refractivity contribution in [2.45, 2.75) is 26.3 Å². The van der Waals surface area contributed by atoms with E-state index < -0.39 is 23.8 Å². The van der Waals surface area contributed by atoms with E-state index in [1.807, 2.05) is 25.1 Å². The van der Waals surface area contributed by atoms with E-state index in [0.29, 0.717) is 39.9 Å². The van der Waals surface area contributed by atoms with E-state index in [-0.39, 0.29) is 12.5 Å². The number of imide groups is 1. The van der Waals surface area contributed by atoms with Gasteiger partial charge in [-0.05, 0) is 43.7 Å². The van der Waals surface area contributed by atoms with Crippen molar-refractivity contribution in [3.05, 3.63) is 59.0 Å². The first-order chi connectivity index (χ1) is 16.9. The third kappa shape index (κ3) is 3.95. The van der Waals surface area contributed by atoms with Crippen molar-refractivity contribution in [3.8, 4) is 17.0 Å². The number of ether oxygens (including phenoxy) is 1. The molecule has 0 spiro atoms. The molecule has 0 fully saturated rings. The van der Waals surface area contributed by atoms with Gasteiger partial charge >= 0.3 is 0 Å². The SMILES string of the molecule is CCCN1C(=O)COc2ccc(-c3csc(NC(=O)C(C)N4C(=O)c5ccccc5C4=O)n3)cc21. The highest BCUT2D eigenvalue weighted by molar-refractivity contribution is 7.14. The summed E-state index contributed by atoms with van der Waals surface area (Å²) in [6.07, 6.45) is 0.813. The second-order valence-corrected chi connectivity index (χ2v) is 9.10. The zero-order valence-electron chi connectivity index (χ0n) is 19.1. The highest BCUT2D eigenvalue weighted by Gasteiger charge is 2.40. The Kier molecular flexibility index (Phi) is 5.81. The lowest BCUT2D eigenvalue weighted by molar-refractivity contribution is -0.121. The van der Waals surface area contributed by atoms with E-state index in [1.54, 1.807) is 34.5 Å². The molecule has 0 radical (unpaired) electrons. The van der Waals surface area contributed by atoms with E-state index >= 15 is 0 Å². The average Bonchev–Trinajstić information content (AvgIpc) is 3.43. The molecule has 1 aromatic heterocycles. The molecule has 0 saturated carbocycles. The van der Waals surface area contributed by atoms with Gasteiger partial charge in [0.15, 0.2) is 11.7 Å². The minimum Gasteiger partial charge on any atom is -0.482 e. The fraction of sp³-hybridized carbons (Fsp3) is 0.240. The summed E-state index contributed by atoms with van der Waals surface area (Å²) >= 11 is 1.23. The van der Waals surface area contributed by atoms with Crippen molar-refractivity contribution in [3.63, 3.8) is 0 Å². The molecule has 1 N–H and O–H groups in total.